The van der Waals surface area contributed by atoms with Crippen LogP contribution in [-0.4, -0.2) is 9.55 Å². The van der Waals surface area contributed by atoms with Gasteiger partial charge in [0.2, 0.25) is 0 Å². The summed E-state index contributed by atoms with van der Waals surface area (Å²) in [7, 11) is 0. The predicted molar refractivity (Wildman–Crippen MR) is 74.3 cm³/mol. The highest BCUT2D eigenvalue weighted by Crippen LogP contribution is 2.26. The van der Waals surface area contributed by atoms with Crippen molar-refractivity contribution in [3.05, 3.63) is 52.4 Å². The minimum atomic E-state index is -0.280. The molecule has 1 N–H and O–H groups in total. The minimum absolute atomic E-state index is 0.0413. The van der Waals surface area contributed by atoms with E-state index < -0.39 is 0 Å². The van der Waals surface area contributed by atoms with Crippen molar-refractivity contribution in [1.29, 1.82) is 0 Å². The van der Waals surface area contributed by atoms with Crippen LogP contribution in [0.25, 0.3) is 11.0 Å². The third-order valence-corrected chi connectivity index (χ3v) is 3.54. The molecule has 1 atom stereocenters. The second-order valence-electron chi connectivity index (χ2n) is 4.59. The Morgan fingerprint density at radius 2 is 2.11 bits per heavy atom. The molecule has 19 heavy (non-hydrogen) atoms. The molecule has 0 spiro atoms. The number of fused-ring (bicyclic) bond motifs is 1. The van der Waals surface area contributed by atoms with Crippen LogP contribution in [0.4, 0.5) is 4.39 Å². The average molecular weight is 276 g/mol. The Morgan fingerprint density at radius 3 is 2.79 bits per heavy atom. The summed E-state index contributed by atoms with van der Waals surface area (Å²) in [6, 6.07) is 8.42. The van der Waals surface area contributed by atoms with Gasteiger partial charge < -0.3 is 14.0 Å². The van der Waals surface area contributed by atoms with Gasteiger partial charge in [0.05, 0.1) is 17.1 Å². The Bertz CT molecular complexity index is 799. The lowest BCUT2D eigenvalue weighted by Crippen LogP contribution is -2.05. The second-order valence-corrected chi connectivity index (χ2v) is 4.97. The van der Waals surface area contributed by atoms with Crippen LogP contribution in [0.1, 0.15) is 24.5 Å². The molecule has 0 fully saturated rings. The summed E-state index contributed by atoms with van der Waals surface area (Å²) in [6.07, 6.45) is 0. The van der Waals surface area contributed by atoms with Crippen LogP contribution in [0, 0.1) is 17.5 Å². The number of nitrogens with zero attached hydrogens (tertiary/aromatic N) is 1. The van der Waals surface area contributed by atoms with Crippen molar-refractivity contribution >= 4 is 23.3 Å². The van der Waals surface area contributed by atoms with Gasteiger partial charge in [0.25, 0.3) is 0 Å². The molecule has 0 bridgehead atoms. The molecule has 1 unspecified atom stereocenters. The fourth-order valence-electron chi connectivity index (χ4n) is 2.29. The number of benzene rings is 1. The molecule has 98 valence electrons. The molecule has 0 saturated carbocycles. The van der Waals surface area contributed by atoms with Crippen LogP contribution >= 0.6 is 12.2 Å². The Morgan fingerprint density at radius 1 is 1.32 bits per heavy atom. The Balaban J connectivity index is 2.19. The maximum Gasteiger partial charge on any atom is 0.178 e. The number of furan rings is 1. The Labute approximate surface area is 114 Å². The molecular weight excluding hydrogens is 263 g/mol. The van der Waals surface area contributed by atoms with E-state index in [0.29, 0.717) is 10.3 Å². The quantitative estimate of drug-likeness (QED) is 0.706. The molecule has 0 aliphatic rings. The Hall–Kier alpha value is -1.88. The topological polar surface area (TPSA) is 33.9 Å². The van der Waals surface area contributed by atoms with E-state index >= 15 is 0 Å². The molecule has 0 radical (unpaired) electrons. The standard InChI is InChI=1S/C14H13FN2OS/c1-8-3-6-13(18-8)9(2)17-12-5-4-10(15)7-11(12)16-14(17)19/h3-7,9H,1-2H3,(H,16,19). The monoisotopic (exact) mass is 276 g/mol. The maximum atomic E-state index is 13.2. The normalized spacial score (nSPS) is 13.0. The third-order valence-electron chi connectivity index (χ3n) is 3.24. The van der Waals surface area contributed by atoms with Crippen LogP contribution in [0.2, 0.25) is 0 Å². The molecule has 0 aliphatic heterocycles. The molecule has 0 amide bonds. The van der Waals surface area contributed by atoms with Crippen LogP contribution in [-0.2, 0) is 0 Å². The van der Waals surface area contributed by atoms with Crippen LogP contribution in [0.5, 0.6) is 0 Å². The summed E-state index contributed by atoms with van der Waals surface area (Å²) >= 11 is 5.32. The number of rotatable bonds is 2. The average Bonchev–Trinajstić information content (AvgIpc) is 2.91. The van der Waals surface area contributed by atoms with Gasteiger partial charge >= 0.3 is 0 Å². The summed E-state index contributed by atoms with van der Waals surface area (Å²) in [4.78, 5) is 3.02. The number of aryl methyl sites for hydroxylation is 1. The number of imidazole rings is 1. The highest BCUT2D eigenvalue weighted by Gasteiger charge is 2.16. The summed E-state index contributed by atoms with van der Waals surface area (Å²) in [6.45, 7) is 3.91. The molecule has 0 saturated heterocycles. The molecule has 1 aromatic carbocycles. The second kappa shape index (κ2) is 4.35. The van der Waals surface area contributed by atoms with Crippen LogP contribution in [0.15, 0.2) is 34.7 Å². The Kier molecular flexibility index (Phi) is 2.78. The fourth-order valence-corrected chi connectivity index (χ4v) is 2.66. The molecule has 3 rings (SSSR count). The molecule has 3 nitrogen and oxygen atoms in total. The van der Waals surface area contributed by atoms with Crippen molar-refractivity contribution in [2.24, 2.45) is 0 Å². The number of hydrogen-bond acceptors (Lipinski definition) is 2. The number of hydrogen-bond donors (Lipinski definition) is 1. The van der Waals surface area contributed by atoms with E-state index in [0.717, 1.165) is 17.0 Å². The van der Waals surface area contributed by atoms with Crippen molar-refractivity contribution < 1.29 is 8.81 Å². The van der Waals surface area contributed by atoms with Crippen molar-refractivity contribution in [3.8, 4) is 0 Å². The zero-order valence-corrected chi connectivity index (χ0v) is 11.4. The van der Waals surface area contributed by atoms with Gasteiger partial charge in [-0.1, -0.05) is 0 Å². The first-order chi connectivity index (χ1) is 9.06. The molecule has 2 aromatic heterocycles. The van der Waals surface area contributed by atoms with Gasteiger partial charge in [0, 0.05) is 0 Å². The number of aromatic nitrogens is 2. The van der Waals surface area contributed by atoms with E-state index in [4.69, 9.17) is 16.6 Å². The summed E-state index contributed by atoms with van der Waals surface area (Å²) < 4.78 is 21.4. The van der Waals surface area contributed by atoms with Crippen LogP contribution < -0.4 is 0 Å². The van der Waals surface area contributed by atoms with Crippen molar-refractivity contribution in [2.45, 2.75) is 19.9 Å². The minimum Gasteiger partial charge on any atom is -0.464 e. The lowest BCUT2D eigenvalue weighted by Gasteiger charge is -2.12. The largest absolute Gasteiger partial charge is 0.464 e. The van der Waals surface area contributed by atoms with Gasteiger partial charge in [-0.15, -0.1) is 0 Å². The zero-order chi connectivity index (χ0) is 13.6. The SMILES string of the molecule is Cc1ccc(C(C)n2c(=S)[nH]c3cc(F)ccc32)o1. The fraction of sp³-hybridized carbons (Fsp3) is 0.214. The van der Waals surface area contributed by atoms with E-state index in [1.165, 1.54) is 12.1 Å². The smallest absolute Gasteiger partial charge is 0.178 e. The van der Waals surface area contributed by atoms with E-state index in [2.05, 4.69) is 4.98 Å². The first kappa shape index (κ1) is 12.2. The van der Waals surface area contributed by atoms with Crippen molar-refractivity contribution in [1.82, 2.24) is 9.55 Å². The lowest BCUT2D eigenvalue weighted by atomic mass is 10.2. The van der Waals surface area contributed by atoms with Gasteiger partial charge in [-0.3, -0.25) is 0 Å². The molecule has 3 aromatic rings. The maximum absolute atomic E-state index is 13.2. The number of H-pyrrole nitrogens is 1. The van der Waals surface area contributed by atoms with E-state index in [9.17, 15) is 4.39 Å². The van der Waals surface area contributed by atoms with E-state index in [1.807, 2.05) is 30.5 Å². The highest BCUT2D eigenvalue weighted by atomic mass is 32.1. The molecule has 0 aliphatic carbocycles. The van der Waals surface area contributed by atoms with E-state index in [1.54, 1.807) is 6.07 Å². The van der Waals surface area contributed by atoms with E-state index in [-0.39, 0.29) is 11.9 Å². The third kappa shape index (κ3) is 2.00. The highest BCUT2D eigenvalue weighted by molar-refractivity contribution is 7.71. The number of nitrogens with one attached hydrogen (secondary N) is 1. The van der Waals surface area contributed by atoms with Gasteiger partial charge in [0.15, 0.2) is 4.77 Å². The van der Waals surface area contributed by atoms with Gasteiger partial charge in [-0.25, -0.2) is 4.39 Å². The first-order valence-electron chi connectivity index (χ1n) is 6.02. The molecular formula is C14H13FN2OS. The van der Waals surface area contributed by atoms with Gasteiger partial charge in [0.1, 0.15) is 17.3 Å². The zero-order valence-electron chi connectivity index (χ0n) is 10.6. The first-order valence-corrected chi connectivity index (χ1v) is 6.43. The van der Waals surface area contributed by atoms with Crippen LogP contribution in [0.3, 0.4) is 0 Å². The summed E-state index contributed by atoms with van der Waals surface area (Å²) in [5, 5.41) is 0. The summed E-state index contributed by atoms with van der Waals surface area (Å²) in [5.74, 6) is 1.41. The van der Waals surface area contributed by atoms with Crippen molar-refractivity contribution in [2.75, 3.05) is 0 Å². The predicted octanol–water partition coefficient (Wildman–Crippen LogP) is 4.35. The summed E-state index contributed by atoms with van der Waals surface area (Å²) in [5.41, 5.74) is 1.56. The molecule has 2 heterocycles. The van der Waals surface area contributed by atoms with Crippen molar-refractivity contribution in [3.63, 3.8) is 0 Å². The lowest BCUT2D eigenvalue weighted by molar-refractivity contribution is 0.431. The number of halogens is 1. The van der Waals surface area contributed by atoms with Gasteiger partial charge in [-0.05, 0) is 56.4 Å². The van der Waals surface area contributed by atoms with Gasteiger partial charge in [-0.2, -0.15) is 0 Å². The molecule has 5 heteroatoms. The number of aromatic amines is 1.